The number of ether oxygens (including phenoxy) is 1. The molecule has 0 saturated heterocycles. The Hall–Kier alpha value is -3.82. The fourth-order valence-electron chi connectivity index (χ4n) is 4.10. The number of aromatic amines is 1. The van der Waals surface area contributed by atoms with Crippen LogP contribution in [0.25, 0.3) is 0 Å². The van der Waals surface area contributed by atoms with E-state index < -0.39 is 6.03 Å². The lowest BCUT2D eigenvalue weighted by Gasteiger charge is -2.24. The second-order valence-electron chi connectivity index (χ2n) is 7.83. The van der Waals surface area contributed by atoms with Crippen molar-refractivity contribution in [3.63, 3.8) is 0 Å². The molecule has 172 valence electrons. The zero-order valence-corrected chi connectivity index (χ0v) is 19.2. The van der Waals surface area contributed by atoms with E-state index in [1.807, 2.05) is 18.2 Å². The lowest BCUT2D eigenvalue weighted by Crippen LogP contribution is -2.45. The molecule has 5 rings (SSSR count). The molecule has 0 spiro atoms. The Balaban J connectivity index is 1.46. The average molecular weight is 497 g/mol. The zero-order valence-electron chi connectivity index (χ0n) is 17.6. The SMILES string of the molecule is C=C1NC(=O)N(c2cc(Cl)c(Oc3cc(C4CCc5ccccc54)c(=O)[nH]n3)c(Cl)c2)N=C1N. The van der Waals surface area contributed by atoms with E-state index in [9.17, 15) is 9.59 Å². The van der Waals surface area contributed by atoms with Crippen LogP contribution >= 0.6 is 23.2 Å². The summed E-state index contributed by atoms with van der Waals surface area (Å²) in [5, 5.41) is 14.2. The van der Waals surface area contributed by atoms with E-state index in [0.29, 0.717) is 5.56 Å². The third-order valence-corrected chi connectivity index (χ3v) is 6.28. The number of benzene rings is 2. The normalized spacial score (nSPS) is 17.3. The van der Waals surface area contributed by atoms with E-state index in [4.69, 9.17) is 33.7 Å². The molecule has 11 heteroatoms. The van der Waals surface area contributed by atoms with Crippen molar-refractivity contribution in [2.45, 2.75) is 18.8 Å². The molecular weight excluding hydrogens is 479 g/mol. The number of rotatable bonds is 4. The molecule has 1 aromatic heterocycles. The number of carbonyl (C=O) groups excluding carboxylic acids is 1. The number of hydrazone groups is 1. The highest BCUT2D eigenvalue weighted by molar-refractivity contribution is 6.37. The number of halogens is 2. The van der Waals surface area contributed by atoms with Crippen LogP contribution in [0.5, 0.6) is 11.6 Å². The number of H-pyrrole nitrogens is 1. The quantitative estimate of drug-likeness (QED) is 0.497. The van der Waals surface area contributed by atoms with Gasteiger partial charge in [-0.15, -0.1) is 10.2 Å². The molecular formula is C23H18Cl2N6O3. The number of nitrogens with zero attached hydrogens (tertiary/aromatic N) is 3. The van der Waals surface area contributed by atoms with Gasteiger partial charge in [-0.2, -0.15) is 5.01 Å². The summed E-state index contributed by atoms with van der Waals surface area (Å²) in [6.45, 7) is 3.61. The van der Waals surface area contributed by atoms with Gasteiger partial charge in [-0.1, -0.05) is 54.0 Å². The molecule has 0 bridgehead atoms. The molecule has 2 amide bonds. The number of hydrogen-bond acceptors (Lipinski definition) is 6. The van der Waals surface area contributed by atoms with Crippen molar-refractivity contribution in [3.8, 4) is 11.6 Å². The van der Waals surface area contributed by atoms with Crippen molar-refractivity contribution >= 4 is 40.8 Å². The number of urea groups is 1. The number of amides is 2. The maximum absolute atomic E-state index is 12.6. The maximum Gasteiger partial charge on any atom is 0.347 e. The van der Waals surface area contributed by atoms with Crippen LogP contribution in [0.2, 0.25) is 10.0 Å². The Morgan fingerprint density at radius 1 is 1.12 bits per heavy atom. The third-order valence-electron chi connectivity index (χ3n) is 5.72. The van der Waals surface area contributed by atoms with Gasteiger partial charge in [-0.05, 0) is 36.1 Å². The topological polar surface area (TPSA) is 126 Å². The Bertz CT molecular complexity index is 1410. The second-order valence-corrected chi connectivity index (χ2v) is 8.64. The number of aromatic nitrogens is 2. The number of nitrogens with one attached hydrogen (secondary N) is 2. The van der Waals surface area contributed by atoms with Crippen LogP contribution in [0, 0.1) is 0 Å². The minimum Gasteiger partial charge on any atom is -0.434 e. The van der Waals surface area contributed by atoms with E-state index in [-0.39, 0.29) is 50.4 Å². The summed E-state index contributed by atoms with van der Waals surface area (Å²) in [7, 11) is 0. The predicted molar refractivity (Wildman–Crippen MR) is 130 cm³/mol. The molecule has 0 fully saturated rings. The van der Waals surface area contributed by atoms with E-state index in [1.165, 1.54) is 17.7 Å². The Kier molecular flexibility index (Phi) is 5.51. The van der Waals surface area contributed by atoms with Gasteiger partial charge in [0.15, 0.2) is 11.6 Å². The first-order valence-electron chi connectivity index (χ1n) is 10.3. The summed E-state index contributed by atoms with van der Waals surface area (Å²) in [6.07, 6.45) is 1.71. The molecule has 2 heterocycles. The van der Waals surface area contributed by atoms with Gasteiger partial charge in [0.25, 0.3) is 5.56 Å². The number of fused-ring (bicyclic) bond motifs is 1. The van der Waals surface area contributed by atoms with E-state index in [2.05, 4.69) is 33.3 Å². The van der Waals surface area contributed by atoms with Gasteiger partial charge < -0.3 is 15.8 Å². The van der Waals surface area contributed by atoms with Gasteiger partial charge in [0.05, 0.1) is 21.4 Å². The smallest absolute Gasteiger partial charge is 0.347 e. The summed E-state index contributed by atoms with van der Waals surface area (Å²) in [5.41, 5.74) is 8.83. The van der Waals surface area contributed by atoms with Crippen molar-refractivity contribution < 1.29 is 9.53 Å². The fourth-order valence-corrected chi connectivity index (χ4v) is 4.65. The molecule has 2 aliphatic rings. The highest BCUT2D eigenvalue weighted by Gasteiger charge is 2.27. The van der Waals surface area contributed by atoms with Crippen LogP contribution in [0.1, 0.15) is 29.0 Å². The van der Waals surface area contributed by atoms with Gasteiger partial charge in [-0.25, -0.2) is 9.89 Å². The first-order chi connectivity index (χ1) is 16.3. The van der Waals surface area contributed by atoms with Gasteiger partial charge in [0.1, 0.15) is 0 Å². The number of carbonyl (C=O) groups is 1. The summed E-state index contributed by atoms with van der Waals surface area (Å²) in [6, 6.07) is 12.0. The monoisotopic (exact) mass is 496 g/mol. The van der Waals surface area contributed by atoms with Crippen molar-refractivity contribution in [2.75, 3.05) is 5.01 Å². The van der Waals surface area contributed by atoms with Crippen LogP contribution in [-0.4, -0.2) is 22.1 Å². The van der Waals surface area contributed by atoms with Gasteiger partial charge >= 0.3 is 6.03 Å². The molecule has 1 aliphatic carbocycles. The first-order valence-corrected chi connectivity index (χ1v) is 11.1. The third kappa shape index (κ3) is 3.89. The lowest BCUT2D eigenvalue weighted by molar-refractivity contribution is 0.248. The molecule has 4 N–H and O–H groups in total. The molecule has 34 heavy (non-hydrogen) atoms. The van der Waals surface area contributed by atoms with Gasteiger partial charge in [-0.3, -0.25) is 4.79 Å². The van der Waals surface area contributed by atoms with E-state index in [0.717, 1.165) is 23.4 Å². The van der Waals surface area contributed by atoms with Crippen molar-refractivity contribution in [1.82, 2.24) is 15.5 Å². The number of hydrogen-bond donors (Lipinski definition) is 3. The number of nitrogens with two attached hydrogens (primary N) is 1. The molecule has 9 nitrogen and oxygen atoms in total. The number of anilines is 1. The van der Waals surface area contributed by atoms with Crippen LogP contribution in [0.3, 0.4) is 0 Å². The maximum atomic E-state index is 12.6. The van der Waals surface area contributed by atoms with Crippen LogP contribution in [0.15, 0.2) is 64.6 Å². The van der Waals surface area contributed by atoms with E-state index >= 15 is 0 Å². The summed E-state index contributed by atoms with van der Waals surface area (Å²) < 4.78 is 5.85. The average Bonchev–Trinajstić information content (AvgIpc) is 3.23. The Morgan fingerprint density at radius 3 is 2.62 bits per heavy atom. The highest BCUT2D eigenvalue weighted by Crippen LogP contribution is 2.41. The molecule has 2 aromatic carbocycles. The van der Waals surface area contributed by atoms with Crippen LogP contribution in [0.4, 0.5) is 10.5 Å². The fraction of sp³-hybridized carbons (Fsp3) is 0.130. The highest BCUT2D eigenvalue weighted by atomic mass is 35.5. The number of aryl methyl sites for hydroxylation is 1. The van der Waals surface area contributed by atoms with Crippen LogP contribution < -0.4 is 26.4 Å². The Morgan fingerprint density at radius 2 is 1.85 bits per heavy atom. The summed E-state index contributed by atoms with van der Waals surface area (Å²) >= 11 is 12.8. The largest absolute Gasteiger partial charge is 0.434 e. The number of amidine groups is 1. The Labute approximate surface area is 203 Å². The molecule has 1 aliphatic heterocycles. The van der Waals surface area contributed by atoms with Crippen LogP contribution in [-0.2, 0) is 6.42 Å². The minimum absolute atomic E-state index is 0.0469. The second kappa shape index (κ2) is 8.51. The van der Waals surface area contributed by atoms with Gasteiger partial charge in [0, 0.05) is 17.5 Å². The van der Waals surface area contributed by atoms with Crippen molar-refractivity contribution in [3.05, 3.63) is 91.8 Å². The minimum atomic E-state index is -0.566. The summed E-state index contributed by atoms with van der Waals surface area (Å²) in [4.78, 5) is 24.8. The zero-order chi connectivity index (χ0) is 24.0. The summed E-state index contributed by atoms with van der Waals surface area (Å²) in [5.74, 6) is 0.230. The molecule has 1 unspecified atom stereocenters. The molecule has 3 aromatic rings. The van der Waals surface area contributed by atoms with Crippen molar-refractivity contribution in [2.24, 2.45) is 10.8 Å². The predicted octanol–water partition coefficient (Wildman–Crippen LogP) is 4.26. The molecule has 0 saturated carbocycles. The van der Waals surface area contributed by atoms with E-state index in [1.54, 1.807) is 6.07 Å². The molecule has 1 atom stereocenters. The standard InChI is InChI=1S/C23H18Cl2N6O3/c1-11-21(26)30-31(23(33)27-11)13-8-17(24)20(18(25)9-13)34-19-10-16(22(32)29-28-19)15-7-6-12-4-2-3-5-14(12)15/h2-5,8-10,15H,1,6-7H2,(H2,26,30)(H,27,33)(H,29,32). The lowest BCUT2D eigenvalue weighted by atomic mass is 9.94. The van der Waals surface area contributed by atoms with Gasteiger partial charge in [0.2, 0.25) is 5.88 Å². The molecule has 0 radical (unpaired) electrons. The first kappa shape index (κ1) is 22.0. The van der Waals surface area contributed by atoms with Crippen molar-refractivity contribution in [1.29, 1.82) is 0 Å².